The molecule has 112 valence electrons. The molecule has 1 N–H and O–H groups in total. The van der Waals surface area contributed by atoms with Crippen molar-refractivity contribution in [3.8, 4) is 0 Å². The second-order valence-corrected chi connectivity index (χ2v) is 6.43. The van der Waals surface area contributed by atoms with Crippen molar-refractivity contribution in [3.05, 3.63) is 30.5 Å². The van der Waals surface area contributed by atoms with E-state index in [9.17, 15) is 0 Å². The fourth-order valence-corrected chi connectivity index (χ4v) is 3.85. The number of hydrogen-bond acceptors (Lipinski definition) is 4. The Morgan fingerprint density at radius 2 is 2.10 bits per heavy atom. The van der Waals surface area contributed by atoms with Crippen LogP contribution in [0.5, 0.6) is 0 Å². The van der Waals surface area contributed by atoms with Crippen LogP contribution in [0.1, 0.15) is 12.8 Å². The third kappa shape index (κ3) is 2.77. The summed E-state index contributed by atoms with van der Waals surface area (Å²) in [6, 6.07) is 4.27. The molecule has 4 heteroatoms. The van der Waals surface area contributed by atoms with E-state index in [-0.39, 0.29) is 0 Å². The van der Waals surface area contributed by atoms with Crippen molar-refractivity contribution >= 4 is 11.5 Å². The highest BCUT2D eigenvalue weighted by Crippen LogP contribution is 2.43. The summed E-state index contributed by atoms with van der Waals surface area (Å²) in [5.74, 6) is 3.53. The van der Waals surface area contributed by atoms with Gasteiger partial charge in [-0.05, 0) is 42.7 Å². The van der Waals surface area contributed by atoms with Crippen LogP contribution >= 0.6 is 0 Å². The fourth-order valence-electron chi connectivity index (χ4n) is 3.85. The molecule has 21 heavy (non-hydrogen) atoms. The number of fused-ring (bicyclic) bond motifs is 2. The average Bonchev–Trinajstić information content (AvgIpc) is 3.17. The molecule has 1 saturated heterocycles. The van der Waals surface area contributed by atoms with Crippen LogP contribution in [0.2, 0.25) is 0 Å². The van der Waals surface area contributed by atoms with E-state index < -0.39 is 0 Å². The van der Waals surface area contributed by atoms with E-state index in [2.05, 4.69) is 39.5 Å². The van der Waals surface area contributed by atoms with Gasteiger partial charge in [-0.3, -0.25) is 0 Å². The maximum absolute atomic E-state index is 5.38. The summed E-state index contributed by atoms with van der Waals surface area (Å²) < 4.78 is 5.38. The minimum Gasteiger partial charge on any atom is -0.383 e. The van der Waals surface area contributed by atoms with Gasteiger partial charge in [0.2, 0.25) is 0 Å². The Labute approximate surface area is 126 Å². The summed E-state index contributed by atoms with van der Waals surface area (Å²) >= 11 is 0. The Morgan fingerprint density at radius 1 is 1.19 bits per heavy atom. The number of nitrogens with zero attached hydrogens (tertiary/aromatic N) is 2. The van der Waals surface area contributed by atoms with Crippen molar-refractivity contribution in [1.29, 1.82) is 0 Å². The Hall–Kier alpha value is -1.55. The topological polar surface area (TPSA) is 37.4 Å². The quantitative estimate of drug-likeness (QED) is 0.863. The van der Waals surface area contributed by atoms with Crippen molar-refractivity contribution in [3.63, 3.8) is 0 Å². The lowest BCUT2D eigenvalue weighted by Gasteiger charge is -2.27. The first kappa shape index (κ1) is 13.1. The van der Waals surface area contributed by atoms with Crippen LogP contribution in [0, 0.1) is 17.8 Å². The van der Waals surface area contributed by atoms with Crippen molar-refractivity contribution in [2.24, 2.45) is 17.8 Å². The predicted molar refractivity (Wildman–Crippen MR) is 84.6 cm³/mol. The summed E-state index contributed by atoms with van der Waals surface area (Å²) in [6.45, 7) is 4.57. The number of anilines is 2. The highest BCUT2D eigenvalue weighted by Gasteiger charge is 2.35. The van der Waals surface area contributed by atoms with Crippen molar-refractivity contribution in [1.82, 2.24) is 4.98 Å². The maximum Gasteiger partial charge on any atom is 0.128 e. The van der Waals surface area contributed by atoms with Gasteiger partial charge in [0.15, 0.2) is 0 Å². The molecule has 3 atom stereocenters. The zero-order valence-electron chi connectivity index (χ0n) is 12.4. The first-order valence-electron chi connectivity index (χ1n) is 8.09. The van der Waals surface area contributed by atoms with E-state index in [0.29, 0.717) is 0 Å². The van der Waals surface area contributed by atoms with Gasteiger partial charge in [-0.25, -0.2) is 4.98 Å². The molecule has 3 aliphatic rings. The van der Waals surface area contributed by atoms with Gasteiger partial charge in [0.05, 0.1) is 25.1 Å². The molecule has 3 unspecified atom stereocenters. The first-order chi connectivity index (χ1) is 10.4. The summed E-state index contributed by atoms with van der Waals surface area (Å²) in [5.41, 5.74) is 1.14. The minimum absolute atomic E-state index is 0.805. The Morgan fingerprint density at radius 3 is 2.76 bits per heavy atom. The fraction of sp³-hybridized carbons (Fsp3) is 0.588. The van der Waals surface area contributed by atoms with Gasteiger partial charge in [-0.2, -0.15) is 0 Å². The monoisotopic (exact) mass is 285 g/mol. The third-order valence-electron chi connectivity index (χ3n) is 5.07. The molecule has 2 aliphatic carbocycles. The van der Waals surface area contributed by atoms with E-state index in [0.717, 1.165) is 62.1 Å². The molecule has 4 rings (SSSR count). The molecular weight excluding hydrogens is 262 g/mol. The van der Waals surface area contributed by atoms with Crippen LogP contribution in [-0.4, -0.2) is 37.8 Å². The highest BCUT2D eigenvalue weighted by molar-refractivity contribution is 5.48. The smallest absolute Gasteiger partial charge is 0.128 e. The molecule has 2 bridgehead atoms. The van der Waals surface area contributed by atoms with Gasteiger partial charge in [0.25, 0.3) is 0 Å². The van der Waals surface area contributed by atoms with E-state index in [4.69, 9.17) is 4.74 Å². The number of hydrogen-bond donors (Lipinski definition) is 1. The van der Waals surface area contributed by atoms with Gasteiger partial charge in [0, 0.05) is 19.6 Å². The summed E-state index contributed by atoms with van der Waals surface area (Å²) in [5, 5.41) is 3.56. The van der Waals surface area contributed by atoms with E-state index in [1.807, 2.05) is 6.20 Å². The van der Waals surface area contributed by atoms with Crippen LogP contribution in [-0.2, 0) is 4.74 Å². The molecule has 0 spiro atoms. The maximum atomic E-state index is 5.38. The van der Waals surface area contributed by atoms with Gasteiger partial charge < -0.3 is 15.0 Å². The summed E-state index contributed by atoms with van der Waals surface area (Å²) in [6.07, 6.45) is 9.52. The minimum atomic E-state index is 0.805. The predicted octanol–water partition coefficient (Wildman–Crippen LogP) is 2.54. The second-order valence-electron chi connectivity index (χ2n) is 6.43. The molecule has 1 saturated carbocycles. The van der Waals surface area contributed by atoms with Crippen LogP contribution in [0.4, 0.5) is 11.5 Å². The molecular formula is C17H23N3O. The number of rotatable bonds is 4. The van der Waals surface area contributed by atoms with Gasteiger partial charge >= 0.3 is 0 Å². The van der Waals surface area contributed by atoms with Crippen molar-refractivity contribution in [2.75, 3.05) is 43.1 Å². The highest BCUT2D eigenvalue weighted by atomic mass is 16.5. The Bertz CT molecular complexity index is 507. The lowest BCUT2D eigenvalue weighted by atomic mass is 9.93. The lowest BCUT2D eigenvalue weighted by molar-refractivity contribution is 0.122. The molecule has 2 heterocycles. The molecule has 0 radical (unpaired) electrons. The van der Waals surface area contributed by atoms with Gasteiger partial charge in [-0.15, -0.1) is 0 Å². The van der Waals surface area contributed by atoms with Gasteiger partial charge in [-0.1, -0.05) is 12.2 Å². The largest absolute Gasteiger partial charge is 0.383 e. The normalized spacial score (nSPS) is 30.9. The first-order valence-corrected chi connectivity index (χ1v) is 8.09. The van der Waals surface area contributed by atoms with Gasteiger partial charge in [0.1, 0.15) is 5.82 Å². The number of aromatic nitrogens is 1. The van der Waals surface area contributed by atoms with E-state index in [1.165, 1.54) is 12.8 Å². The SMILES string of the molecule is C1=CC2CC1CC2CNc1ccc(N2CCOCC2)nc1. The average molecular weight is 285 g/mol. The second kappa shape index (κ2) is 5.68. The van der Waals surface area contributed by atoms with Crippen LogP contribution in [0.25, 0.3) is 0 Å². The van der Waals surface area contributed by atoms with Crippen molar-refractivity contribution in [2.45, 2.75) is 12.8 Å². The number of ether oxygens (including phenoxy) is 1. The Kier molecular flexibility index (Phi) is 3.55. The number of allylic oxidation sites excluding steroid dienone is 2. The number of nitrogens with one attached hydrogen (secondary N) is 1. The zero-order chi connectivity index (χ0) is 14.1. The van der Waals surface area contributed by atoms with E-state index in [1.54, 1.807) is 0 Å². The molecule has 0 amide bonds. The molecule has 1 aliphatic heterocycles. The summed E-state index contributed by atoms with van der Waals surface area (Å²) in [4.78, 5) is 6.88. The lowest BCUT2D eigenvalue weighted by Crippen LogP contribution is -2.36. The van der Waals surface area contributed by atoms with Crippen LogP contribution in [0.3, 0.4) is 0 Å². The van der Waals surface area contributed by atoms with Crippen LogP contribution < -0.4 is 10.2 Å². The van der Waals surface area contributed by atoms with E-state index >= 15 is 0 Å². The van der Waals surface area contributed by atoms with Crippen LogP contribution in [0.15, 0.2) is 30.5 Å². The number of pyridine rings is 1. The molecule has 1 aromatic heterocycles. The third-order valence-corrected chi connectivity index (χ3v) is 5.07. The molecule has 1 aromatic rings. The van der Waals surface area contributed by atoms with Crippen molar-refractivity contribution < 1.29 is 4.74 Å². The Balaban J connectivity index is 1.32. The molecule has 0 aromatic carbocycles. The standard InChI is InChI=1S/C17H23N3O/c1-2-14-9-13(1)10-15(14)11-18-16-3-4-17(19-12-16)20-5-7-21-8-6-20/h1-4,12-15,18H,5-11H2. The molecule has 4 nitrogen and oxygen atoms in total. The molecule has 2 fully saturated rings. The number of morpholine rings is 1. The summed E-state index contributed by atoms with van der Waals surface area (Å²) in [7, 11) is 0. The zero-order valence-corrected chi connectivity index (χ0v) is 12.4.